The van der Waals surface area contributed by atoms with Gasteiger partial charge in [0, 0.05) is 48.5 Å². The second kappa shape index (κ2) is 11.5. The number of benzene rings is 1. The number of thiophene rings is 1. The van der Waals surface area contributed by atoms with Crippen LogP contribution < -0.4 is 9.64 Å². The van der Waals surface area contributed by atoms with Gasteiger partial charge in [0.15, 0.2) is 5.89 Å². The molecule has 5 rings (SSSR count). The van der Waals surface area contributed by atoms with Crippen LogP contribution in [-0.2, 0) is 16.1 Å². The van der Waals surface area contributed by atoms with Crippen molar-refractivity contribution in [2.75, 3.05) is 38.3 Å². The number of methoxy groups -OCH3 is 1. The SMILES string of the molecule is COC(=O)c1sc([N+](=O)[O-])cc1COc1nc(-c2ccc(N3CCOCC3)cc2)cc(-c2coc(C)n2)c1C#N. The smallest absolute Gasteiger partial charge is 0.348 e. The number of rotatable bonds is 8. The topological polar surface area (TPSA) is 154 Å². The monoisotopic (exact) mass is 561 g/mol. The van der Waals surface area contributed by atoms with Crippen molar-refractivity contribution in [3.05, 3.63) is 74.7 Å². The number of carbonyl (C=O) groups excluding carboxylic acids is 1. The summed E-state index contributed by atoms with van der Waals surface area (Å²) in [5.74, 6) is -0.321. The minimum absolute atomic E-state index is 0.0161. The first-order chi connectivity index (χ1) is 19.4. The molecular weight excluding hydrogens is 538 g/mol. The van der Waals surface area contributed by atoms with Crippen LogP contribution in [0.2, 0.25) is 0 Å². The van der Waals surface area contributed by atoms with E-state index in [1.807, 2.05) is 24.3 Å². The largest absolute Gasteiger partial charge is 0.472 e. The van der Waals surface area contributed by atoms with Crippen molar-refractivity contribution in [1.29, 1.82) is 5.26 Å². The zero-order valence-corrected chi connectivity index (χ0v) is 22.4. The highest BCUT2D eigenvalue weighted by Crippen LogP contribution is 2.35. The van der Waals surface area contributed by atoms with E-state index in [1.54, 1.807) is 13.0 Å². The van der Waals surface area contributed by atoms with Crippen LogP contribution in [0.4, 0.5) is 10.7 Å². The van der Waals surface area contributed by atoms with Crippen LogP contribution in [0.15, 0.2) is 47.1 Å². The summed E-state index contributed by atoms with van der Waals surface area (Å²) >= 11 is 0.688. The first-order valence-electron chi connectivity index (χ1n) is 12.2. The standard InChI is InChI=1S/C27H23N5O7S/c1-16-29-23(15-38-16)20-12-22(17-3-5-19(6-4-17)31-7-9-37-10-8-31)30-26(21(20)13-28)39-14-18-11-24(32(34)35)40-25(18)27(33)36-2/h3-6,11-12,15H,7-10,14H2,1-2H3. The highest BCUT2D eigenvalue weighted by atomic mass is 32.1. The van der Waals surface area contributed by atoms with Gasteiger partial charge in [0.25, 0.3) is 0 Å². The highest BCUT2D eigenvalue weighted by molar-refractivity contribution is 7.17. The highest BCUT2D eigenvalue weighted by Gasteiger charge is 2.25. The number of nitrogens with zero attached hydrogens (tertiary/aromatic N) is 5. The van der Waals surface area contributed by atoms with Crippen LogP contribution in [0, 0.1) is 28.4 Å². The summed E-state index contributed by atoms with van der Waals surface area (Å²) in [6.07, 6.45) is 1.44. The Balaban J connectivity index is 1.53. The Hall–Kier alpha value is -4.80. The molecule has 0 spiro atoms. The Morgan fingerprint density at radius 1 is 1.20 bits per heavy atom. The van der Waals surface area contributed by atoms with Crippen molar-refractivity contribution in [3.63, 3.8) is 0 Å². The zero-order valence-electron chi connectivity index (χ0n) is 21.6. The van der Waals surface area contributed by atoms with Crippen molar-refractivity contribution in [2.24, 2.45) is 0 Å². The molecule has 0 N–H and O–H groups in total. The lowest BCUT2D eigenvalue weighted by molar-refractivity contribution is -0.380. The lowest BCUT2D eigenvalue weighted by atomic mass is 10.0. The third-order valence-corrected chi connectivity index (χ3v) is 7.35. The molecule has 204 valence electrons. The van der Waals surface area contributed by atoms with E-state index in [4.69, 9.17) is 18.6 Å². The van der Waals surface area contributed by atoms with Gasteiger partial charge in [-0.05, 0) is 18.2 Å². The molecule has 0 amide bonds. The number of ether oxygens (including phenoxy) is 3. The van der Waals surface area contributed by atoms with Gasteiger partial charge in [-0.2, -0.15) is 5.26 Å². The van der Waals surface area contributed by atoms with Gasteiger partial charge < -0.3 is 23.5 Å². The summed E-state index contributed by atoms with van der Waals surface area (Å²) in [5.41, 5.74) is 3.56. The van der Waals surface area contributed by atoms with Crippen molar-refractivity contribution in [3.8, 4) is 34.5 Å². The molecule has 1 fully saturated rings. The molecular formula is C27H23N5O7S. The summed E-state index contributed by atoms with van der Waals surface area (Å²) in [4.78, 5) is 34.2. The van der Waals surface area contributed by atoms with Crippen LogP contribution in [0.25, 0.3) is 22.5 Å². The Bertz CT molecular complexity index is 1600. The van der Waals surface area contributed by atoms with E-state index in [2.05, 4.69) is 20.9 Å². The number of esters is 1. The van der Waals surface area contributed by atoms with Gasteiger partial charge in [-0.3, -0.25) is 10.1 Å². The molecule has 0 saturated carbocycles. The van der Waals surface area contributed by atoms with Crippen LogP contribution in [0.5, 0.6) is 5.88 Å². The molecule has 0 aliphatic carbocycles. The van der Waals surface area contributed by atoms with E-state index in [0.717, 1.165) is 24.3 Å². The normalized spacial score (nSPS) is 13.1. The number of oxazole rings is 1. The fourth-order valence-electron chi connectivity index (χ4n) is 4.26. The van der Waals surface area contributed by atoms with Gasteiger partial charge in [-0.25, -0.2) is 14.8 Å². The molecule has 4 heterocycles. The van der Waals surface area contributed by atoms with E-state index >= 15 is 0 Å². The molecule has 3 aromatic heterocycles. The second-order valence-corrected chi connectivity index (χ2v) is 9.75. The molecule has 0 unspecified atom stereocenters. The molecule has 12 nitrogen and oxygen atoms in total. The second-order valence-electron chi connectivity index (χ2n) is 8.72. The minimum atomic E-state index is -0.724. The maximum atomic E-state index is 12.2. The predicted molar refractivity (Wildman–Crippen MR) is 144 cm³/mol. The first kappa shape index (κ1) is 26.8. The van der Waals surface area contributed by atoms with Crippen LogP contribution in [-0.4, -0.2) is 54.3 Å². The van der Waals surface area contributed by atoms with E-state index < -0.39 is 10.9 Å². The number of pyridine rings is 1. The molecule has 4 aromatic rings. The van der Waals surface area contributed by atoms with E-state index in [0.29, 0.717) is 47.4 Å². The lowest BCUT2D eigenvalue weighted by Crippen LogP contribution is -2.36. The van der Waals surface area contributed by atoms with Gasteiger partial charge in [0.2, 0.25) is 5.88 Å². The fourth-order valence-corrected chi connectivity index (χ4v) is 5.16. The van der Waals surface area contributed by atoms with Crippen LogP contribution in [0.3, 0.4) is 0 Å². The summed E-state index contributed by atoms with van der Waals surface area (Å²) in [6, 6.07) is 13.0. The summed E-state index contributed by atoms with van der Waals surface area (Å²) in [5, 5.41) is 21.1. The number of nitro groups is 1. The molecule has 13 heteroatoms. The van der Waals surface area contributed by atoms with Gasteiger partial charge >= 0.3 is 11.0 Å². The lowest BCUT2D eigenvalue weighted by Gasteiger charge is -2.28. The summed E-state index contributed by atoms with van der Waals surface area (Å²) in [7, 11) is 1.19. The van der Waals surface area contributed by atoms with E-state index in [-0.39, 0.29) is 33.5 Å². The molecule has 0 atom stereocenters. The van der Waals surface area contributed by atoms with Gasteiger partial charge in [-0.1, -0.05) is 23.5 Å². The zero-order chi connectivity index (χ0) is 28.2. The average molecular weight is 562 g/mol. The number of hydrogen-bond acceptors (Lipinski definition) is 12. The third-order valence-electron chi connectivity index (χ3n) is 6.24. The number of aryl methyl sites for hydroxylation is 1. The number of anilines is 1. The minimum Gasteiger partial charge on any atom is -0.472 e. The summed E-state index contributed by atoms with van der Waals surface area (Å²) < 4.78 is 21.5. The molecule has 1 aliphatic heterocycles. The van der Waals surface area contributed by atoms with Crippen LogP contribution >= 0.6 is 11.3 Å². The van der Waals surface area contributed by atoms with Gasteiger partial charge in [0.1, 0.15) is 35.1 Å². The average Bonchev–Trinajstić information content (AvgIpc) is 3.62. The molecule has 0 bridgehead atoms. The van der Waals surface area contributed by atoms with Crippen molar-refractivity contribution < 1.29 is 28.3 Å². The quantitative estimate of drug-likeness (QED) is 0.166. The predicted octanol–water partition coefficient (Wildman–Crippen LogP) is 4.76. The molecule has 40 heavy (non-hydrogen) atoms. The third kappa shape index (κ3) is 5.49. The summed E-state index contributed by atoms with van der Waals surface area (Å²) in [6.45, 7) is 4.38. The van der Waals surface area contributed by atoms with Gasteiger partial charge in [0.05, 0.1) is 30.9 Å². The van der Waals surface area contributed by atoms with E-state index in [9.17, 15) is 20.2 Å². The molecule has 1 aromatic carbocycles. The molecule has 1 aliphatic rings. The fraction of sp³-hybridized carbons (Fsp3) is 0.259. The molecule has 0 radical (unpaired) electrons. The first-order valence-corrected chi connectivity index (χ1v) is 13.0. The van der Waals surface area contributed by atoms with Crippen molar-refractivity contribution >= 4 is 28.0 Å². The number of morpholine rings is 1. The number of aromatic nitrogens is 2. The Morgan fingerprint density at radius 3 is 2.58 bits per heavy atom. The van der Waals surface area contributed by atoms with Crippen molar-refractivity contribution in [1.82, 2.24) is 9.97 Å². The number of carbonyl (C=O) groups is 1. The van der Waals surface area contributed by atoms with Crippen molar-refractivity contribution in [2.45, 2.75) is 13.5 Å². The maximum absolute atomic E-state index is 12.2. The number of nitriles is 1. The van der Waals surface area contributed by atoms with E-state index in [1.165, 1.54) is 19.4 Å². The number of hydrogen-bond donors (Lipinski definition) is 0. The maximum Gasteiger partial charge on any atom is 0.348 e. The Kier molecular flexibility index (Phi) is 7.72. The Morgan fingerprint density at radius 2 is 1.95 bits per heavy atom. The Labute approximate surface area is 232 Å². The van der Waals surface area contributed by atoms with Gasteiger partial charge in [-0.15, -0.1) is 0 Å². The molecule has 1 saturated heterocycles. The van der Waals surface area contributed by atoms with Crippen LogP contribution in [0.1, 0.15) is 26.7 Å².